The van der Waals surface area contributed by atoms with Crippen LogP contribution in [0.25, 0.3) is 11.2 Å². The van der Waals surface area contributed by atoms with Crippen molar-refractivity contribution in [3.8, 4) is 0 Å². The number of thioether (sulfide) groups is 1. The van der Waals surface area contributed by atoms with Gasteiger partial charge in [-0.3, -0.25) is 4.79 Å². The zero-order valence-corrected chi connectivity index (χ0v) is 18.9. The van der Waals surface area contributed by atoms with Gasteiger partial charge in [-0.15, -0.1) is 0 Å². The summed E-state index contributed by atoms with van der Waals surface area (Å²) in [6, 6.07) is 5.85. The maximum absolute atomic E-state index is 12.3. The number of pyridine rings is 1. The van der Waals surface area contributed by atoms with Gasteiger partial charge in [-0.1, -0.05) is 11.8 Å². The number of fused-ring (bicyclic) bond motifs is 1. The Balaban J connectivity index is 1.68. The zero-order valence-electron chi connectivity index (χ0n) is 13.3. The Morgan fingerprint density at radius 3 is 2.48 bits per heavy atom. The maximum atomic E-state index is 12.3. The van der Waals surface area contributed by atoms with Gasteiger partial charge in [-0.05, 0) is 85.4 Å². The number of aryl methyl sites for hydroxylation is 2. The number of hydrogen-bond acceptors (Lipinski definition) is 4. The molecular formula is C16H13Br3N4OS. The lowest BCUT2D eigenvalue weighted by Gasteiger charge is -2.10. The Morgan fingerprint density at radius 1 is 1.12 bits per heavy atom. The molecule has 1 aromatic carbocycles. The lowest BCUT2D eigenvalue weighted by atomic mass is 10.2. The number of nitrogens with zero attached hydrogens (tertiary/aromatic N) is 2. The van der Waals surface area contributed by atoms with Crippen LogP contribution in [0.15, 0.2) is 36.8 Å². The summed E-state index contributed by atoms with van der Waals surface area (Å²) >= 11 is 11.7. The summed E-state index contributed by atoms with van der Waals surface area (Å²) in [7, 11) is 0. The van der Waals surface area contributed by atoms with E-state index in [1.54, 1.807) is 0 Å². The van der Waals surface area contributed by atoms with Gasteiger partial charge in [0.15, 0.2) is 10.8 Å². The standard InChI is InChI=1S/C16H13Br3N4OS/c1-7-3-10(18)14(11(19)4-7)22-13(24)6-25-16-21-12-5-9(17)8(2)20-15(12)23-16/h3-5H,6H2,1-2H3,(H,22,24)(H,20,21,23). The molecule has 0 atom stereocenters. The summed E-state index contributed by atoms with van der Waals surface area (Å²) in [6.45, 7) is 3.91. The molecule has 0 aliphatic rings. The summed E-state index contributed by atoms with van der Waals surface area (Å²) < 4.78 is 2.60. The molecule has 0 radical (unpaired) electrons. The van der Waals surface area contributed by atoms with Crippen molar-refractivity contribution >= 4 is 82.3 Å². The molecule has 0 aliphatic carbocycles. The number of amides is 1. The highest BCUT2D eigenvalue weighted by atomic mass is 79.9. The van der Waals surface area contributed by atoms with Crippen LogP contribution in [-0.2, 0) is 4.79 Å². The highest BCUT2D eigenvalue weighted by Crippen LogP contribution is 2.32. The summed E-state index contributed by atoms with van der Waals surface area (Å²) in [5.74, 6) is 0.133. The minimum Gasteiger partial charge on any atom is -0.331 e. The molecule has 0 unspecified atom stereocenters. The molecule has 9 heteroatoms. The lowest BCUT2D eigenvalue weighted by molar-refractivity contribution is -0.113. The molecule has 2 heterocycles. The number of aromatic amines is 1. The molecule has 2 aromatic heterocycles. The van der Waals surface area contributed by atoms with Crippen LogP contribution in [-0.4, -0.2) is 26.6 Å². The van der Waals surface area contributed by atoms with Crippen molar-refractivity contribution in [2.45, 2.75) is 19.0 Å². The van der Waals surface area contributed by atoms with E-state index >= 15 is 0 Å². The molecule has 0 saturated heterocycles. The first kappa shape index (κ1) is 18.9. The molecule has 25 heavy (non-hydrogen) atoms. The fourth-order valence-electron chi connectivity index (χ4n) is 2.18. The zero-order chi connectivity index (χ0) is 18.1. The van der Waals surface area contributed by atoms with Crippen molar-refractivity contribution in [1.29, 1.82) is 0 Å². The van der Waals surface area contributed by atoms with Gasteiger partial charge in [0, 0.05) is 13.4 Å². The first-order valence-electron chi connectivity index (χ1n) is 7.24. The first-order valence-corrected chi connectivity index (χ1v) is 10.6. The van der Waals surface area contributed by atoms with Crippen molar-refractivity contribution in [3.63, 3.8) is 0 Å². The van der Waals surface area contributed by atoms with E-state index in [0.717, 1.165) is 35.9 Å². The number of halogens is 3. The highest BCUT2D eigenvalue weighted by Gasteiger charge is 2.13. The molecule has 1 amide bonds. The van der Waals surface area contributed by atoms with Crippen LogP contribution in [0, 0.1) is 13.8 Å². The average Bonchev–Trinajstić information content (AvgIpc) is 2.91. The van der Waals surface area contributed by atoms with Gasteiger partial charge in [0.25, 0.3) is 0 Å². The molecule has 3 rings (SSSR count). The Kier molecular flexibility index (Phi) is 5.87. The predicted molar refractivity (Wildman–Crippen MR) is 112 cm³/mol. The SMILES string of the molecule is Cc1cc(Br)c(NC(=O)CSc2nc3nc(C)c(Br)cc3[nH]2)c(Br)c1. The van der Waals surface area contributed by atoms with E-state index < -0.39 is 0 Å². The van der Waals surface area contributed by atoms with Crippen molar-refractivity contribution in [2.75, 3.05) is 11.1 Å². The summed E-state index contributed by atoms with van der Waals surface area (Å²) in [5, 5.41) is 3.57. The monoisotopic (exact) mass is 546 g/mol. The molecule has 3 aromatic rings. The predicted octanol–water partition coefficient (Wildman–Crippen LogP) is 5.59. The van der Waals surface area contributed by atoms with Gasteiger partial charge < -0.3 is 10.3 Å². The summed E-state index contributed by atoms with van der Waals surface area (Å²) in [5.41, 5.74) is 4.18. The van der Waals surface area contributed by atoms with Crippen molar-refractivity contribution < 1.29 is 4.79 Å². The normalized spacial score (nSPS) is 11.1. The van der Waals surface area contributed by atoms with E-state index in [-0.39, 0.29) is 11.7 Å². The molecule has 0 aliphatic heterocycles. The number of nitrogens with one attached hydrogen (secondary N) is 2. The number of benzene rings is 1. The number of carbonyl (C=O) groups is 1. The average molecular weight is 549 g/mol. The van der Waals surface area contributed by atoms with Crippen molar-refractivity contribution in [3.05, 3.63) is 42.9 Å². The molecule has 130 valence electrons. The molecule has 2 N–H and O–H groups in total. The highest BCUT2D eigenvalue weighted by molar-refractivity contribution is 9.11. The van der Waals surface area contributed by atoms with Gasteiger partial charge in [-0.25, -0.2) is 9.97 Å². The van der Waals surface area contributed by atoms with Gasteiger partial charge in [0.2, 0.25) is 5.91 Å². The number of anilines is 1. The third kappa shape index (κ3) is 4.45. The fraction of sp³-hybridized carbons (Fsp3) is 0.188. The van der Waals surface area contributed by atoms with Gasteiger partial charge >= 0.3 is 0 Å². The van der Waals surface area contributed by atoms with Gasteiger partial charge in [0.05, 0.1) is 22.7 Å². The number of aromatic nitrogens is 3. The van der Waals surface area contributed by atoms with Crippen LogP contribution in [0.2, 0.25) is 0 Å². The van der Waals surface area contributed by atoms with Gasteiger partial charge in [-0.2, -0.15) is 0 Å². The molecule has 5 nitrogen and oxygen atoms in total. The first-order chi connectivity index (χ1) is 11.8. The molecule has 0 fully saturated rings. The van der Waals surface area contributed by atoms with Crippen LogP contribution in [0.1, 0.15) is 11.3 Å². The molecule has 0 spiro atoms. The van der Waals surface area contributed by atoms with Crippen LogP contribution >= 0.6 is 59.6 Å². The maximum Gasteiger partial charge on any atom is 0.234 e. The molecule has 0 bridgehead atoms. The second kappa shape index (κ2) is 7.77. The van der Waals surface area contributed by atoms with Crippen molar-refractivity contribution in [1.82, 2.24) is 15.0 Å². The topological polar surface area (TPSA) is 70.7 Å². The van der Waals surface area contributed by atoms with Crippen molar-refractivity contribution in [2.24, 2.45) is 0 Å². The number of rotatable bonds is 4. The van der Waals surface area contributed by atoms with Crippen LogP contribution < -0.4 is 5.32 Å². The second-order valence-corrected chi connectivity index (χ2v) is 8.94. The Hall–Kier alpha value is -0.900. The summed E-state index contributed by atoms with van der Waals surface area (Å²) in [4.78, 5) is 24.3. The Labute approximate surface area is 174 Å². The fourth-order valence-corrected chi connectivity index (χ4v) is 4.79. The van der Waals surface area contributed by atoms with Gasteiger partial charge in [0.1, 0.15) is 0 Å². The van der Waals surface area contributed by atoms with E-state index in [1.165, 1.54) is 11.8 Å². The third-order valence-electron chi connectivity index (χ3n) is 3.37. The Bertz CT molecular complexity index is 911. The van der Waals surface area contributed by atoms with E-state index in [0.29, 0.717) is 10.8 Å². The molecular weight excluding hydrogens is 536 g/mol. The van der Waals surface area contributed by atoms with Crippen LogP contribution in [0.4, 0.5) is 5.69 Å². The minimum absolute atomic E-state index is 0.110. The number of carbonyl (C=O) groups excluding carboxylic acids is 1. The van der Waals surface area contributed by atoms with E-state index in [1.807, 2.05) is 32.0 Å². The smallest absolute Gasteiger partial charge is 0.234 e. The van der Waals surface area contributed by atoms with Crippen LogP contribution in [0.3, 0.4) is 0 Å². The minimum atomic E-state index is -0.110. The number of hydrogen-bond donors (Lipinski definition) is 2. The molecule has 0 saturated carbocycles. The number of imidazole rings is 1. The second-order valence-electron chi connectivity index (χ2n) is 5.41. The van der Waals surface area contributed by atoms with Crippen LogP contribution in [0.5, 0.6) is 0 Å². The number of H-pyrrole nitrogens is 1. The quantitative estimate of drug-likeness (QED) is 0.417. The largest absolute Gasteiger partial charge is 0.331 e. The third-order valence-corrected chi connectivity index (χ3v) is 6.30. The van der Waals surface area contributed by atoms with E-state index in [2.05, 4.69) is 68.1 Å². The Morgan fingerprint density at radius 2 is 1.80 bits per heavy atom. The van der Waals surface area contributed by atoms with E-state index in [4.69, 9.17) is 0 Å². The van der Waals surface area contributed by atoms with E-state index in [9.17, 15) is 4.79 Å². The lowest BCUT2D eigenvalue weighted by Crippen LogP contribution is -2.15. The summed E-state index contributed by atoms with van der Waals surface area (Å²) in [6.07, 6.45) is 0.